The fourth-order valence-corrected chi connectivity index (χ4v) is 2.95. The van der Waals surface area contributed by atoms with Crippen LogP contribution in [0.2, 0.25) is 0 Å². The molecule has 0 atom stereocenters. The maximum atomic E-state index is 14.1. The van der Waals surface area contributed by atoms with Crippen LogP contribution in [-0.4, -0.2) is 46.4 Å². The third-order valence-corrected chi connectivity index (χ3v) is 4.17. The Labute approximate surface area is 170 Å². The number of hydrogen-bond donors (Lipinski definition) is 3. The second-order valence-corrected chi connectivity index (χ2v) is 7.54. The molecule has 1 aromatic heterocycles. The number of halogens is 2. The monoisotopic (exact) mass is 419 g/mol. The Hall–Kier alpha value is -3.56. The minimum absolute atomic E-state index is 0.0975. The first-order chi connectivity index (χ1) is 14.0. The molecule has 0 bridgehead atoms. The highest BCUT2D eigenvalue weighted by molar-refractivity contribution is 6.29. The maximum Gasteiger partial charge on any atom is 0.407 e. The molecular weight excluding hydrogens is 400 g/mol. The van der Waals surface area contributed by atoms with Gasteiger partial charge in [-0.3, -0.25) is 9.59 Å². The van der Waals surface area contributed by atoms with Gasteiger partial charge in [0, 0.05) is 19.3 Å². The summed E-state index contributed by atoms with van der Waals surface area (Å²) in [6.07, 6.45) is 0.369. The summed E-state index contributed by atoms with van der Waals surface area (Å²) in [7, 11) is 0. The van der Waals surface area contributed by atoms with Gasteiger partial charge in [-0.2, -0.15) is 0 Å². The van der Waals surface area contributed by atoms with Crippen molar-refractivity contribution in [2.45, 2.75) is 26.4 Å². The number of pyridine rings is 1. The minimum Gasteiger partial charge on any atom is -0.504 e. The van der Waals surface area contributed by atoms with Gasteiger partial charge < -0.3 is 20.5 Å². The van der Waals surface area contributed by atoms with E-state index in [1.54, 1.807) is 20.8 Å². The third-order valence-electron chi connectivity index (χ3n) is 4.17. The summed E-state index contributed by atoms with van der Waals surface area (Å²) in [5.74, 6) is -4.89. The molecule has 0 unspecified atom stereocenters. The highest BCUT2D eigenvalue weighted by Crippen LogP contribution is 2.37. The van der Waals surface area contributed by atoms with E-state index in [-0.39, 0.29) is 24.5 Å². The van der Waals surface area contributed by atoms with E-state index >= 15 is 0 Å². The van der Waals surface area contributed by atoms with Crippen molar-refractivity contribution >= 4 is 23.5 Å². The fraction of sp³-hybridized carbons (Fsp3) is 0.300. The summed E-state index contributed by atoms with van der Waals surface area (Å²) in [6.45, 7) is 5.34. The van der Waals surface area contributed by atoms with E-state index in [1.165, 1.54) is 0 Å². The Morgan fingerprint density at radius 2 is 1.67 bits per heavy atom. The van der Waals surface area contributed by atoms with E-state index in [2.05, 4.69) is 15.6 Å². The van der Waals surface area contributed by atoms with Crippen LogP contribution < -0.4 is 10.6 Å². The summed E-state index contributed by atoms with van der Waals surface area (Å²) >= 11 is 0. The second kappa shape index (κ2) is 7.69. The van der Waals surface area contributed by atoms with Crippen molar-refractivity contribution in [1.29, 1.82) is 0 Å². The molecule has 1 aliphatic carbocycles. The van der Waals surface area contributed by atoms with Crippen molar-refractivity contribution in [2.24, 2.45) is 0 Å². The van der Waals surface area contributed by atoms with Crippen molar-refractivity contribution in [3.8, 4) is 5.75 Å². The number of fused-ring (bicyclic) bond motifs is 2. The molecule has 1 aliphatic rings. The molecular formula is C20H19F2N3O5. The standard InChI is InChI=1S/C20H19F2N3O5/c1-20(2,3)30-19(29)24-7-6-23-18-17(28)12-9(8-25-18)15(26)13-10(21)4-5-11(22)14(13)16(12)27/h4-5,8,28H,6-7H2,1-3H3,(H,23,25)(H,24,29). The van der Waals surface area contributed by atoms with Crippen LogP contribution in [-0.2, 0) is 4.74 Å². The van der Waals surface area contributed by atoms with Gasteiger partial charge in [-0.25, -0.2) is 18.6 Å². The molecule has 1 heterocycles. The van der Waals surface area contributed by atoms with Crippen LogP contribution in [0.1, 0.15) is 52.6 Å². The van der Waals surface area contributed by atoms with Crippen LogP contribution in [0.15, 0.2) is 18.3 Å². The van der Waals surface area contributed by atoms with Crippen LogP contribution in [0.3, 0.4) is 0 Å². The van der Waals surface area contributed by atoms with Crippen LogP contribution in [0, 0.1) is 11.6 Å². The Morgan fingerprint density at radius 3 is 2.27 bits per heavy atom. The maximum absolute atomic E-state index is 14.1. The lowest BCUT2D eigenvalue weighted by Crippen LogP contribution is -2.35. The van der Waals surface area contributed by atoms with E-state index in [1.807, 2.05) is 0 Å². The molecule has 3 rings (SSSR count). The Bertz CT molecular complexity index is 1060. The summed E-state index contributed by atoms with van der Waals surface area (Å²) in [6, 6.07) is 1.50. The van der Waals surface area contributed by atoms with Gasteiger partial charge in [0.1, 0.15) is 17.2 Å². The number of nitrogens with zero attached hydrogens (tertiary/aromatic N) is 1. The van der Waals surface area contributed by atoms with Gasteiger partial charge in [-0.1, -0.05) is 0 Å². The van der Waals surface area contributed by atoms with E-state index in [0.29, 0.717) is 0 Å². The zero-order valence-electron chi connectivity index (χ0n) is 16.4. The number of benzene rings is 1. The van der Waals surface area contributed by atoms with Crippen molar-refractivity contribution in [3.05, 3.63) is 52.2 Å². The number of ether oxygens (including phenoxy) is 1. The molecule has 0 saturated heterocycles. The van der Waals surface area contributed by atoms with Crippen molar-refractivity contribution < 1.29 is 33.0 Å². The number of alkyl carbamates (subject to hydrolysis) is 1. The van der Waals surface area contributed by atoms with Gasteiger partial charge in [0.25, 0.3) is 0 Å². The SMILES string of the molecule is CC(C)(C)OC(=O)NCCNc1ncc2c(c1O)C(=O)c1c(F)ccc(F)c1C2=O. The molecule has 8 nitrogen and oxygen atoms in total. The normalized spacial score (nSPS) is 12.8. The molecule has 158 valence electrons. The van der Waals surface area contributed by atoms with Gasteiger partial charge in [0.15, 0.2) is 17.4 Å². The number of carbonyl (C=O) groups excluding carboxylic acids is 3. The third kappa shape index (κ3) is 3.93. The number of aromatic hydroxyl groups is 1. The van der Waals surface area contributed by atoms with Crippen molar-refractivity contribution in [2.75, 3.05) is 18.4 Å². The summed E-state index contributed by atoms with van der Waals surface area (Å²) in [5, 5.41) is 15.6. The van der Waals surface area contributed by atoms with Gasteiger partial charge in [-0.05, 0) is 32.9 Å². The summed E-state index contributed by atoms with van der Waals surface area (Å²) < 4.78 is 33.3. The molecule has 0 aliphatic heterocycles. The van der Waals surface area contributed by atoms with Crippen LogP contribution >= 0.6 is 0 Å². The molecule has 2 aromatic rings. The first kappa shape index (κ1) is 21.2. The number of ketones is 2. The lowest BCUT2D eigenvalue weighted by Gasteiger charge is -2.21. The number of nitrogens with one attached hydrogen (secondary N) is 2. The van der Waals surface area contributed by atoms with E-state index in [0.717, 1.165) is 18.3 Å². The largest absolute Gasteiger partial charge is 0.504 e. The lowest BCUT2D eigenvalue weighted by molar-refractivity contribution is 0.0529. The number of carbonyl (C=O) groups is 3. The molecule has 0 radical (unpaired) electrons. The summed E-state index contributed by atoms with van der Waals surface area (Å²) in [4.78, 5) is 40.7. The zero-order valence-corrected chi connectivity index (χ0v) is 16.4. The number of anilines is 1. The first-order valence-electron chi connectivity index (χ1n) is 9.01. The van der Waals surface area contributed by atoms with Crippen molar-refractivity contribution in [3.63, 3.8) is 0 Å². The second-order valence-electron chi connectivity index (χ2n) is 7.54. The summed E-state index contributed by atoms with van der Waals surface area (Å²) in [5.41, 5.74) is -2.86. The molecule has 10 heteroatoms. The average molecular weight is 419 g/mol. The van der Waals surface area contributed by atoms with Gasteiger partial charge in [-0.15, -0.1) is 0 Å². The number of amides is 1. The topological polar surface area (TPSA) is 118 Å². The molecule has 1 aromatic carbocycles. The first-order valence-corrected chi connectivity index (χ1v) is 9.01. The lowest BCUT2D eigenvalue weighted by atomic mass is 9.84. The predicted octanol–water partition coefficient (Wildman–Crippen LogP) is 2.78. The number of hydrogen-bond acceptors (Lipinski definition) is 7. The number of aromatic nitrogens is 1. The van der Waals surface area contributed by atoms with Gasteiger partial charge in [0.05, 0.1) is 22.3 Å². The predicted molar refractivity (Wildman–Crippen MR) is 102 cm³/mol. The quantitative estimate of drug-likeness (QED) is 0.557. The molecule has 30 heavy (non-hydrogen) atoms. The molecule has 0 spiro atoms. The van der Waals surface area contributed by atoms with E-state index < -0.39 is 57.3 Å². The molecule has 0 saturated carbocycles. The highest BCUT2D eigenvalue weighted by atomic mass is 19.1. The van der Waals surface area contributed by atoms with Crippen LogP contribution in [0.5, 0.6) is 5.75 Å². The highest BCUT2D eigenvalue weighted by Gasteiger charge is 2.37. The zero-order chi connectivity index (χ0) is 22.2. The molecule has 3 N–H and O–H groups in total. The molecule has 0 fully saturated rings. The Balaban J connectivity index is 1.79. The van der Waals surface area contributed by atoms with Gasteiger partial charge >= 0.3 is 6.09 Å². The van der Waals surface area contributed by atoms with Crippen LogP contribution in [0.4, 0.5) is 19.4 Å². The fourth-order valence-electron chi connectivity index (χ4n) is 2.95. The Kier molecular flexibility index (Phi) is 5.43. The minimum atomic E-state index is -1.07. The molecule has 1 amide bonds. The average Bonchev–Trinajstić information content (AvgIpc) is 2.64. The van der Waals surface area contributed by atoms with Gasteiger partial charge in [0.2, 0.25) is 5.78 Å². The smallest absolute Gasteiger partial charge is 0.407 e. The van der Waals surface area contributed by atoms with E-state index in [4.69, 9.17) is 4.74 Å². The number of rotatable bonds is 4. The van der Waals surface area contributed by atoms with Crippen LogP contribution in [0.25, 0.3) is 0 Å². The van der Waals surface area contributed by atoms with E-state index in [9.17, 15) is 28.3 Å². The Morgan fingerprint density at radius 1 is 1.07 bits per heavy atom. The van der Waals surface area contributed by atoms with Crippen molar-refractivity contribution in [1.82, 2.24) is 10.3 Å².